The van der Waals surface area contributed by atoms with E-state index in [1.165, 1.54) is 0 Å². The fourth-order valence-corrected chi connectivity index (χ4v) is 4.16. The van der Waals surface area contributed by atoms with Gasteiger partial charge < -0.3 is 14.1 Å². The molecule has 3 aromatic rings. The van der Waals surface area contributed by atoms with Crippen LogP contribution in [0.5, 0.6) is 5.75 Å². The Kier molecular flexibility index (Phi) is 5.69. The number of carbonyl (C=O) groups is 1. The van der Waals surface area contributed by atoms with E-state index in [9.17, 15) is 9.59 Å². The second-order valence-corrected chi connectivity index (χ2v) is 7.46. The maximum Gasteiger partial charge on any atom is 0.419 e. The van der Waals surface area contributed by atoms with Crippen LogP contribution in [0.15, 0.2) is 57.7 Å². The molecule has 6 heteroatoms. The van der Waals surface area contributed by atoms with Crippen molar-refractivity contribution in [2.45, 2.75) is 44.7 Å². The molecule has 1 unspecified atom stereocenters. The van der Waals surface area contributed by atoms with Crippen LogP contribution in [0.1, 0.15) is 43.7 Å². The van der Waals surface area contributed by atoms with Gasteiger partial charge in [0.05, 0.1) is 18.7 Å². The zero-order chi connectivity index (χ0) is 20.2. The van der Waals surface area contributed by atoms with E-state index < -0.39 is 5.76 Å². The first kappa shape index (κ1) is 19.3. The first-order valence-corrected chi connectivity index (χ1v) is 10.2. The molecule has 0 N–H and O–H groups in total. The Bertz CT molecular complexity index is 1030. The molecule has 152 valence electrons. The second kappa shape index (κ2) is 8.55. The van der Waals surface area contributed by atoms with E-state index in [1.54, 1.807) is 17.7 Å². The van der Waals surface area contributed by atoms with Crippen molar-refractivity contribution in [1.82, 2.24) is 9.47 Å². The maximum atomic E-state index is 13.2. The van der Waals surface area contributed by atoms with Crippen molar-refractivity contribution in [2.24, 2.45) is 0 Å². The Labute approximate surface area is 169 Å². The molecule has 0 bridgehead atoms. The van der Waals surface area contributed by atoms with Gasteiger partial charge in [0, 0.05) is 19.5 Å². The Balaban J connectivity index is 1.52. The molecular weight excluding hydrogens is 368 g/mol. The summed E-state index contributed by atoms with van der Waals surface area (Å²) in [7, 11) is 1.65. The highest BCUT2D eigenvalue weighted by atomic mass is 16.5. The Morgan fingerprint density at radius 2 is 1.90 bits per heavy atom. The van der Waals surface area contributed by atoms with E-state index in [4.69, 9.17) is 9.15 Å². The number of methoxy groups -OCH3 is 1. The minimum Gasteiger partial charge on any atom is -0.497 e. The van der Waals surface area contributed by atoms with Crippen molar-refractivity contribution in [2.75, 3.05) is 13.7 Å². The molecular formula is C23H26N2O4. The van der Waals surface area contributed by atoms with Crippen molar-refractivity contribution in [3.05, 3.63) is 64.6 Å². The lowest BCUT2D eigenvalue weighted by Crippen LogP contribution is -2.35. The molecule has 1 fully saturated rings. The summed E-state index contributed by atoms with van der Waals surface area (Å²) in [6.45, 7) is 1.07. The number of carbonyl (C=O) groups excluding carboxylic acids is 1. The summed E-state index contributed by atoms with van der Waals surface area (Å²) in [6, 6.07) is 15.3. The van der Waals surface area contributed by atoms with Crippen LogP contribution in [0.25, 0.3) is 11.1 Å². The number of benzene rings is 2. The lowest BCUT2D eigenvalue weighted by Gasteiger charge is -2.30. The predicted octanol–water partition coefficient (Wildman–Crippen LogP) is 4.14. The fraction of sp³-hybridized carbons (Fsp3) is 0.391. The Morgan fingerprint density at radius 3 is 2.69 bits per heavy atom. The van der Waals surface area contributed by atoms with Gasteiger partial charge in [-0.1, -0.05) is 37.1 Å². The third-order valence-electron chi connectivity index (χ3n) is 5.70. The molecule has 1 aliphatic rings. The average molecular weight is 394 g/mol. The van der Waals surface area contributed by atoms with Gasteiger partial charge in [-0.25, -0.2) is 4.79 Å². The summed E-state index contributed by atoms with van der Waals surface area (Å²) in [6.07, 6.45) is 4.46. The second-order valence-electron chi connectivity index (χ2n) is 7.46. The molecule has 29 heavy (non-hydrogen) atoms. The molecule has 1 aromatic heterocycles. The number of hydrogen-bond acceptors (Lipinski definition) is 4. The molecule has 1 saturated heterocycles. The van der Waals surface area contributed by atoms with Crippen LogP contribution in [-0.2, 0) is 11.3 Å². The summed E-state index contributed by atoms with van der Waals surface area (Å²) >= 11 is 0. The molecule has 1 atom stereocenters. The van der Waals surface area contributed by atoms with Gasteiger partial charge in [0.1, 0.15) is 5.75 Å². The first-order chi connectivity index (χ1) is 14.2. The van der Waals surface area contributed by atoms with Crippen LogP contribution >= 0.6 is 0 Å². The highest BCUT2D eigenvalue weighted by Gasteiger charge is 2.27. The van der Waals surface area contributed by atoms with Gasteiger partial charge in [0.25, 0.3) is 0 Å². The van der Waals surface area contributed by atoms with E-state index in [0.717, 1.165) is 49.1 Å². The van der Waals surface area contributed by atoms with Crippen LogP contribution < -0.4 is 10.5 Å². The third-order valence-corrected chi connectivity index (χ3v) is 5.70. The summed E-state index contributed by atoms with van der Waals surface area (Å²) < 4.78 is 12.1. The Hall–Kier alpha value is -3.02. The number of likely N-dealkylation sites (tertiary alicyclic amines) is 1. The topological polar surface area (TPSA) is 64.7 Å². The normalized spacial score (nSPS) is 17.3. The highest BCUT2D eigenvalue weighted by molar-refractivity contribution is 5.77. The monoisotopic (exact) mass is 394 g/mol. The van der Waals surface area contributed by atoms with Crippen LogP contribution in [-0.4, -0.2) is 29.0 Å². The standard InChI is InChI=1S/C23H26N2O4/c1-28-18-12-10-17(11-13-18)19-7-3-2-6-15-24(19)22(26)14-16-25-20-8-4-5-9-21(20)29-23(25)27/h4-5,8-13,19H,2-3,6-7,14-16H2,1H3. The van der Waals surface area contributed by atoms with Crippen LogP contribution in [0.3, 0.4) is 0 Å². The largest absolute Gasteiger partial charge is 0.497 e. The number of para-hydroxylation sites is 2. The maximum absolute atomic E-state index is 13.2. The lowest BCUT2D eigenvalue weighted by molar-refractivity contribution is -0.133. The molecule has 2 aromatic carbocycles. The first-order valence-electron chi connectivity index (χ1n) is 10.2. The number of ether oxygens (including phenoxy) is 1. The molecule has 1 amide bonds. The van der Waals surface area contributed by atoms with E-state index >= 15 is 0 Å². The van der Waals surface area contributed by atoms with Crippen molar-refractivity contribution in [1.29, 1.82) is 0 Å². The average Bonchev–Trinajstić information content (AvgIpc) is 2.91. The zero-order valence-electron chi connectivity index (χ0n) is 16.7. The molecule has 2 heterocycles. The molecule has 0 radical (unpaired) electrons. The number of hydrogen-bond donors (Lipinski definition) is 0. The number of fused-ring (bicyclic) bond motifs is 1. The van der Waals surface area contributed by atoms with Crippen LogP contribution in [0.2, 0.25) is 0 Å². The van der Waals surface area contributed by atoms with Gasteiger partial charge in [-0.15, -0.1) is 0 Å². The van der Waals surface area contributed by atoms with Crippen LogP contribution in [0, 0.1) is 0 Å². The SMILES string of the molecule is COc1ccc(C2CCCCCN2C(=O)CCn2c(=O)oc3ccccc32)cc1. The number of aryl methyl sites for hydroxylation is 1. The highest BCUT2D eigenvalue weighted by Crippen LogP contribution is 2.31. The summed E-state index contributed by atoms with van der Waals surface area (Å²) in [4.78, 5) is 27.3. The zero-order valence-corrected chi connectivity index (χ0v) is 16.7. The van der Waals surface area contributed by atoms with E-state index in [0.29, 0.717) is 12.1 Å². The van der Waals surface area contributed by atoms with Gasteiger partial charge in [0.2, 0.25) is 5.91 Å². The summed E-state index contributed by atoms with van der Waals surface area (Å²) in [5.41, 5.74) is 2.41. The predicted molar refractivity (Wildman–Crippen MR) is 111 cm³/mol. The van der Waals surface area contributed by atoms with Crippen molar-refractivity contribution in [3.8, 4) is 5.75 Å². The smallest absolute Gasteiger partial charge is 0.419 e. The summed E-state index contributed by atoms with van der Waals surface area (Å²) in [5.74, 6) is 0.470. The number of aromatic nitrogens is 1. The van der Waals surface area contributed by atoms with Gasteiger partial charge in [-0.3, -0.25) is 9.36 Å². The third kappa shape index (κ3) is 4.06. The molecule has 0 aliphatic carbocycles. The van der Waals surface area contributed by atoms with Gasteiger partial charge >= 0.3 is 5.76 Å². The number of rotatable bonds is 5. The minimum atomic E-state index is -0.415. The molecule has 0 saturated carbocycles. The van der Waals surface area contributed by atoms with Gasteiger partial charge in [-0.05, 0) is 42.7 Å². The van der Waals surface area contributed by atoms with Crippen molar-refractivity contribution in [3.63, 3.8) is 0 Å². The summed E-state index contributed by atoms with van der Waals surface area (Å²) in [5, 5.41) is 0. The van der Waals surface area contributed by atoms with Crippen molar-refractivity contribution >= 4 is 17.0 Å². The van der Waals surface area contributed by atoms with Crippen molar-refractivity contribution < 1.29 is 13.9 Å². The molecule has 0 spiro atoms. The quantitative estimate of drug-likeness (QED) is 0.652. The number of nitrogens with zero attached hydrogens (tertiary/aromatic N) is 2. The van der Waals surface area contributed by atoms with E-state index in [-0.39, 0.29) is 18.4 Å². The van der Waals surface area contributed by atoms with E-state index in [2.05, 4.69) is 0 Å². The molecule has 6 nitrogen and oxygen atoms in total. The van der Waals surface area contributed by atoms with Gasteiger partial charge in [0.15, 0.2) is 5.58 Å². The van der Waals surface area contributed by atoms with Crippen LogP contribution in [0.4, 0.5) is 0 Å². The number of oxazole rings is 1. The number of amides is 1. The molecule has 1 aliphatic heterocycles. The molecule has 4 rings (SSSR count). The lowest BCUT2D eigenvalue weighted by atomic mass is 10.0. The Morgan fingerprint density at radius 1 is 1.10 bits per heavy atom. The van der Waals surface area contributed by atoms with E-state index in [1.807, 2.05) is 47.4 Å². The fourth-order valence-electron chi connectivity index (χ4n) is 4.16. The minimum absolute atomic E-state index is 0.0636. The van der Waals surface area contributed by atoms with Gasteiger partial charge in [-0.2, -0.15) is 0 Å².